The summed E-state index contributed by atoms with van der Waals surface area (Å²) in [6, 6.07) is 15.4. The standard InChI is InChI=1S/C29H36ClFN4O2S/c1-3-24-25(8-5-9-28(24)33-18-20-6-4-7-21(31)16-20)26-17-29(34-19-27(26)30)35-23-12-10-22(11-13-23)32-14-15-38(2,36)37/h4-9,16-17,19,22-23,32-33H,3,10-15,18H2,1-2H3,(H,34,35). The van der Waals surface area contributed by atoms with Crippen LogP contribution in [0.2, 0.25) is 5.02 Å². The SMILES string of the molecule is CCc1c(NCc2cccc(F)c2)cccc1-c1cc(NC2CCC(NCCS(C)(=O)=O)CC2)ncc1Cl. The van der Waals surface area contributed by atoms with E-state index in [9.17, 15) is 12.8 Å². The summed E-state index contributed by atoms with van der Waals surface area (Å²) < 4.78 is 36.3. The predicted octanol–water partition coefficient (Wildman–Crippen LogP) is 6.07. The molecule has 0 aliphatic heterocycles. The molecule has 0 atom stereocenters. The van der Waals surface area contributed by atoms with Gasteiger partial charge in [-0.25, -0.2) is 17.8 Å². The van der Waals surface area contributed by atoms with Gasteiger partial charge < -0.3 is 16.0 Å². The minimum atomic E-state index is -2.94. The van der Waals surface area contributed by atoms with E-state index >= 15 is 0 Å². The molecular formula is C29H36ClFN4O2S. The van der Waals surface area contributed by atoms with Crippen LogP contribution >= 0.6 is 11.6 Å². The van der Waals surface area contributed by atoms with E-state index in [0.29, 0.717) is 30.2 Å². The molecule has 4 rings (SSSR count). The fraction of sp³-hybridized carbons (Fsp3) is 0.414. The minimum absolute atomic E-state index is 0.171. The van der Waals surface area contributed by atoms with Gasteiger partial charge >= 0.3 is 0 Å². The monoisotopic (exact) mass is 558 g/mol. The molecule has 0 bridgehead atoms. The van der Waals surface area contributed by atoms with Gasteiger partial charge in [0, 0.05) is 48.9 Å². The summed E-state index contributed by atoms with van der Waals surface area (Å²) >= 11 is 6.64. The van der Waals surface area contributed by atoms with Crippen molar-refractivity contribution >= 4 is 32.9 Å². The van der Waals surface area contributed by atoms with Crippen LogP contribution in [0.25, 0.3) is 11.1 Å². The first kappa shape index (κ1) is 28.3. The van der Waals surface area contributed by atoms with Gasteiger partial charge in [-0.3, -0.25) is 0 Å². The van der Waals surface area contributed by atoms with E-state index in [-0.39, 0.29) is 11.6 Å². The number of sulfone groups is 1. The third kappa shape index (κ3) is 7.91. The molecule has 0 amide bonds. The van der Waals surface area contributed by atoms with Gasteiger partial charge in [-0.05, 0) is 73.1 Å². The summed E-state index contributed by atoms with van der Waals surface area (Å²) in [6.45, 7) is 3.14. The molecule has 0 unspecified atom stereocenters. The number of rotatable bonds is 11. The van der Waals surface area contributed by atoms with Crippen LogP contribution in [0.5, 0.6) is 0 Å². The summed E-state index contributed by atoms with van der Waals surface area (Å²) in [5.41, 5.74) is 4.99. The molecule has 0 saturated heterocycles. The Morgan fingerprint density at radius 2 is 1.76 bits per heavy atom. The highest BCUT2D eigenvalue weighted by Gasteiger charge is 2.22. The molecule has 6 nitrogen and oxygen atoms in total. The lowest BCUT2D eigenvalue weighted by molar-refractivity contribution is 0.359. The average molecular weight is 559 g/mol. The summed E-state index contributed by atoms with van der Waals surface area (Å²) in [4.78, 5) is 4.54. The Morgan fingerprint density at radius 1 is 1.03 bits per heavy atom. The Labute approximate surface area is 230 Å². The Kier molecular flexibility index (Phi) is 9.63. The van der Waals surface area contributed by atoms with Crippen molar-refractivity contribution in [2.45, 2.75) is 57.7 Å². The number of hydrogen-bond acceptors (Lipinski definition) is 6. The maximum Gasteiger partial charge on any atom is 0.148 e. The van der Waals surface area contributed by atoms with Gasteiger partial charge in [-0.2, -0.15) is 0 Å². The molecule has 0 radical (unpaired) electrons. The quantitative estimate of drug-likeness (QED) is 0.265. The van der Waals surface area contributed by atoms with Crippen molar-refractivity contribution in [1.29, 1.82) is 0 Å². The molecule has 1 heterocycles. The van der Waals surface area contributed by atoms with Crippen LogP contribution in [0.3, 0.4) is 0 Å². The van der Waals surface area contributed by atoms with Crippen molar-refractivity contribution in [2.75, 3.05) is 29.2 Å². The Morgan fingerprint density at radius 3 is 2.47 bits per heavy atom. The summed E-state index contributed by atoms with van der Waals surface area (Å²) in [5, 5.41) is 11.0. The fourth-order valence-corrected chi connectivity index (χ4v) is 5.75. The first-order chi connectivity index (χ1) is 18.2. The van der Waals surface area contributed by atoms with Crippen LogP contribution in [0.15, 0.2) is 54.7 Å². The Balaban J connectivity index is 1.43. The van der Waals surface area contributed by atoms with Crippen LogP contribution in [0.4, 0.5) is 15.9 Å². The number of benzene rings is 2. The van der Waals surface area contributed by atoms with E-state index in [4.69, 9.17) is 11.6 Å². The number of halogens is 2. The first-order valence-electron chi connectivity index (χ1n) is 13.2. The zero-order chi connectivity index (χ0) is 27.1. The molecule has 2 aromatic carbocycles. The molecule has 3 N–H and O–H groups in total. The Hall–Kier alpha value is -2.68. The molecule has 1 aliphatic rings. The third-order valence-electron chi connectivity index (χ3n) is 7.03. The van der Waals surface area contributed by atoms with Crippen molar-refractivity contribution in [1.82, 2.24) is 10.3 Å². The Bertz CT molecular complexity index is 1340. The predicted molar refractivity (Wildman–Crippen MR) is 155 cm³/mol. The van der Waals surface area contributed by atoms with Gasteiger partial charge in [0.05, 0.1) is 10.8 Å². The van der Waals surface area contributed by atoms with Gasteiger partial charge in [-0.15, -0.1) is 0 Å². The molecule has 1 aromatic heterocycles. The van der Waals surface area contributed by atoms with Crippen molar-refractivity contribution in [3.63, 3.8) is 0 Å². The van der Waals surface area contributed by atoms with Gasteiger partial charge in [-0.1, -0.05) is 42.8 Å². The van der Waals surface area contributed by atoms with Gasteiger partial charge in [0.25, 0.3) is 0 Å². The maximum atomic E-state index is 13.6. The molecule has 1 saturated carbocycles. The lowest BCUT2D eigenvalue weighted by Crippen LogP contribution is -2.38. The van der Waals surface area contributed by atoms with Gasteiger partial charge in [0.15, 0.2) is 0 Å². The highest BCUT2D eigenvalue weighted by molar-refractivity contribution is 7.90. The van der Waals surface area contributed by atoms with Crippen LogP contribution in [-0.2, 0) is 22.8 Å². The first-order valence-corrected chi connectivity index (χ1v) is 15.6. The van der Waals surface area contributed by atoms with Crippen LogP contribution in [0, 0.1) is 5.82 Å². The molecule has 0 spiro atoms. The molecule has 1 fully saturated rings. The molecule has 1 aliphatic carbocycles. The molecular weight excluding hydrogens is 523 g/mol. The second-order valence-electron chi connectivity index (χ2n) is 9.99. The van der Waals surface area contributed by atoms with Crippen LogP contribution < -0.4 is 16.0 Å². The highest BCUT2D eigenvalue weighted by Crippen LogP contribution is 2.36. The van der Waals surface area contributed by atoms with E-state index in [1.165, 1.54) is 12.3 Å². The largest absolute Gasteiger partial charge is 0.381 e. The number of nitrogens with one attached hydrogen (secondary N) is 3. The van der Waals surface area contributed by atoms with E-state index in [1.807, 2.05) is 24.3 Å². The van der Waals surface area contributed by atoms with E-state index in [1.54, 1.807) is 18.3 Å². The number of nitrogens with zero attached hydrogens (tertiary/aromatic N) is 1. The zero-order valence-electron chi connectivity index (χ0n) is 21.9. The lowest BCUT2D eigenvalue weighted by Gasteiger charge is -2.30. The second kappa shape index (κ2) is 12.9. The zero-order valence-corrected chi connectivity index (χ0v) is 23.5. The summed E-state index contributed by atoms with van der Waals surface area (Å²) in [6.07, 6.45) is 7.71. The number of anilines is 2. The van der Waals surface area contributed by atoms with Crippen molar-refractivity contribution < 1.29 is 12.8 Å². The smallest absolute Gasteiger partial charge is 0.148 e. The maximum absolute atomic E-state index is 13.6. The molecule has 204 valence electrons. The molecule has 3 aromatic rings. The van der Waals surface area contributed by atoms with E-state index in [2.05, 4.69) is 33.9 Å². The van der Waals surface area contributed by atoms with Crippen LogP contribution in [0.1, 0.15) is 43.7 Å². The topological polar surface area (TPSA) is 83.1 Å². The highest BCUT2D eigenvalue weighted by atomic mass is 35.5. The average Bonchev–Trinajstić information content (AvgIpc) is 2.88. The number of aromatic nitrogens is 1. The molecule has 9 heteroatoms. The van der Waals surface area contributed by atoms with Crippen molar-refractivity contribution in [3.8, 4) is 11.1 Å². The number of pyridine rings is 1. The second-order valence-corrected chi connectivity index (χ2v) is 12.7. The van der Waals surface area contributed by atoms with Gasteiger partial charge in [0.1, 0.15) is 21.5 Å². The minimum Gasteiger partial charge on any atom is -0.381 e. The fourth-order valence-electron chi connectivity index (χ4n) is 5.05. The third-order valence-corrected chi connectivity index (χ3v) is 8.28. The van der Waals surface area contributed by atoms with Crippen molar-refractivity contribution in [3.05, 3.63) is 76.7 Å². The number of hydrogen-bond donors (Lipinski definition) is 3. The van der Waals surface area contributed by atoms with Crippen molar-refractivity contribution in [2.24, 2.45) is 0 Å². The van der Waals surface area contributed by atoms with Crippen LogP contribution in [-0.4, -0.2) is 44.0 Å². The van der Waals surface area contributed by atoms with E-state index < -0.39 is 9.84 Å². The summed E-state index contributed by atoms with van der Waals surface area (Å²) in [5.74, 6) is 0.719. The normalized spacial score (nSPS) is 17.8. The lowest BCUT2D eigenvalue weighted by atomic mass is 9.91. The molecule has 38 heavy (non-hydrogen) atoms. The van der Waals surface area contributed by atoms with E-state index in [0.717, 1.165) is 65.9 Å². The summed E-state index contributed by atoms with van der Waals surface area (Å²) in [7, 11) is -2.94. The van der Waals surface area contributed by atoms with Gasteiger partial charge in [0.2, 0.25) is 0 Å².